The SMILES string of the molecule is Cc1ccc(C(=O)N(C)C(C)CN)cc1[N+](=O)[O-].Cl. The second-order valence-corrected chi connectivity index (χ2v) is 4.26. The van der Waals surface area contributed by atoms with Crippen molar-refractivity contribution in [2.24, 2.45) is 5.73 Å². The first kappa shape index (κ1) is 17.3. The molecular weight excluding hydrogens is 270 g/mol. The molecule has 0 heterocycles. The second-order valence-electron chi connectivity index (χ2n) is 4.26. The van der Waals surface area contributed by atoms with E-state index < -0.39 is 4.92 Å². The van der Waals surface area contributed by atoms with Gasteiger partial charge < -0.3 is 10.6 Å². The van der Waals surface area contributed by atoms with Crippen LogP contribution in [0.15, 0.2) is 18.2 Å². The van der Waals surface area contributed by atoms with Gasteiger partial charge in [-0.25, -0.2) is 0 Å². The molecule has 106 valence electrons. The number of amides is 1. The largest absolute Gasteiger partial charge is 0.338 e. The van der Waals surface area contributed by atoms with Crippen molar-refractivity contribution in [2.75, 3.05) is 13.6 Å². The lowest BCUT2D eigenvalue weighted by atomic mass is 10.1. The zero-order valence-corrected chi connectivity index (χ0v) is 11.9. The van der Waals surface area contributed by atoms with Crippen LogP contribution in [-0.4, -0.2) is 35.4 Å². The highest BCUT2D eigenvalue weighted by atomic mass is 35.5. The molecule has 0 aromatic heterocycles. The molecule has 0 fully saturated rings. The Morgan fingerprint density at radius 3 is 2.58 bits per heavy atom. The minimum Gasteiger partial charge on any atom is -0.338 e. The van der Waals surface area contributed by atoms with Crippen molar-refractivity contribution in [2.45, 2.75) is 19.9 Å². The number of nitrogens with two attached hydrogens (primary N) is 1. The van der Waals surface area contributed by atoms with Crippen LogP contribution in [0.5, 0.6) is 0 Å². The Hall–Kier alpha value is -1.66. The Kier molecular flexibility index (Phi) is 6.44. The van der Waals surface area contributed by atoms with Crippen molar-refractivity contribution in [3.05, 3.63) is 39.4 Å². The highest BCUT2D eigenvalue weighted by molar-refractivity contribution is 5.95. The molecule has 0 bridgehead atoms. The number of nitro benzene ring substituents is 1. The van der Waals surface area contributed by atoms with E-state index in [-0.39, 0.29) is 30.0 Å². The van der Waals surface area contributed by atoms with E-state index in [4.69, 9.17) is 5.73 Å². The van der Waals surface area contributed by atoms with E-state index >= 15 is 0 Å². The number of aryl methyl sites for hydroxylation is 1. The van der Waals surface area contributed by atoms with Crippen LogP contribution in [0, 0.1) is 17.0 Å². The fraction of sp³-hybridized carbons (Fsp3) is 0.417. The summed E-state index contributed by atoms with van der Waals surface area (Å²) in [6, 6.07) is 4.35. The molecule has 1 aromatic carbocycles. The molecule has 19 heavy (non-hydrogen) atoms. The van der Waals surface area contributed by atoms with Crippen molar-refractivity contribution in [1.29, 1.82) is 0 Å². The smallest absolute Gasteiger partial charge is 0.273 e. The standard InChI is InChI=1S/C12H17N3O3.ClH/c1-8-4-5-10(6-11(8)15(17)18)12(16)14(3)9(2)7-13;/h4-6,9H,7,13H2,1-3H3;1H. The molecule has 1 rings (SSSR count). The first-order chi connectivity index (χ1) is 8.38. The van der Waals surface area contributed by atoms with Crippen LogP contribution in [0.2, 0.25) is 0 Å². The molecular formula is C12H18ClN3O3. The molecule has 1 aromatic rings. The van der Waals surface area contributed by atoms with E-state index in [1.165, 1.54) is 11.0 Å². The predicted molar refractivity (Wildman–Crippen MR) is 75.7 cm³/mol. The van der Waals surface area contributed by atoms with Gasteiger partial charge in [-0.1, -0.05) is 6.07 Å². The molecule has 0 spiro atoms. The van der Waals surface area contributed by atoms with E-state index in [1.54, 1.807) is 26.1 Å². The number of carbonyl (C=O) groups excluding carboxylic acids is 1. The summed E-state index contributed by atoms with van der Waals surface area (Å²) < 4.78 is 0. The number of likely N-dealkylation sites (N-methyl/N-ethyl adjacent to an activating group) is 1. The first-order valence-corrected chi connectivity index (χ1v) is 5.60. The second kappa shape index (κ2) is 7.06. The summed E-state index contributed by atoms with van der Waals surface area (Å²) in [4.78, 5) is 23.9. The lowest BCUT2D eigenvalue weighted by molar-refractivity contribution is -0.385. The molecule has 2 N–H and O–H groups in total. The third kappa shape index (κ3) is 3.90. The van der Waals surface area contributed by atoms with Gasteiger partial charge >= 0.3 is 0 Å². The van der Waals surface area contributed by atoms with Gasteiger partial charge in [0.2, 0.25) is 0 Å². The monoisotopic (exact) mass is 287 g/mol. The van der Waals surface area contributed by atoms with Crippen molar-refractivity contribution < 1.29 is 9.72 Å². The number of hydrogen-bond donors (Lipinski definition) is 1. The van der Waals surface area contributed by atoms with Gasteiger partial charge in [-0.15, -0.1) is 12.4 Å². The molecule has 0 aliphatic rings. The Morgan fingerprint density at radius 2 is 2.11 bits per heavy atom. The number of hydrogen-bond acceptors (Lipinski definition) is 4. The molecule has 1 atom stereocenters. The molecule has 0 aliphatic heterocycles. The predicted octanol–water partition coefficient (Wildman–Crippen LogP) is 1.74. The maximum Gasteiger partial charge on any atom is 0.273 e. The van der Waals surface area contributed by atoms with Crippen molar-refractivity contribution >= 4 is 24.0 Å². The molecule has 0 aliphatic carbocycles. The molecule has 0 saturated carbocycles. The fourth-order valence-electron chi connectivity index (χ4n) is 1.50. The van der Waals surface area contributed by atoms with Gasteiger partial charge in [0.15, 0.2) is 0 Å². The van der Waals surface area contributed by atoms with Gasteiger partial charge in [0.05, 0.1) is 4.92 Å². The summed E-state index contributed by atoms with van der Waals surface area (Å²) in [5, 5.41) is 10.8. The Balaban J connectivity index is 0.00000324. The molecule has 0 saturated heterocycles. The van der Waals surface area contributed by atoms with Crippen LogP contribution < -0.4 is 5.73 Å². The lowest BCUT2D eigenvalue weighted by Gasteiger charge is -2.23. The molecule has 1 unspecified atom stereocenters. The van der Waals surface area contributed by atoms with Crippen LogP contribution in [0.4, 0.5) is 5.69 Å². The first-order valence-electron chi connectivity index (χ1n) is 5.60. The highest BCUT2D eigenvalue weighted by Crippen LogP contribution is 2.20. The van der Waals surface area contributed by atoms with Gasteiger partial charge in [-0.3, -0.25) is 14.9 Å². The van der Waals surface area contributed by atoms with Crippen molar-refractivity contribution in [1.82, 2.24) is 4.90 Å². The van der Waals surface area contributed by atoms with Gasteiger partial charge in [0.25, 0.3) is 11.6 Å². The lowest BCUT2D eigenvalue weighted by Crippen LogP contribution is -2.39. The van der Waals surface area contributed by atoms with Gasteiger partial charge in [-0.05, 0) is 19.9 Å². The maximum absolute atomic E-state index is 12.1. The molecule has 6 nitrogen and oxygen atoms in total. The third-order valence-corrected chi connectivity index (χ3v) is 2.98. The van der Waals surface area contributed by atoms with Crippen LogP contribution in [-0.2, 0) is 0 Å². The van der Waals surface area contributed by atoms with Gasteiger partial charge in [0, 0.05) is 36.8 Å². The highest BCUT2D eigenvalue weighted by Gasteiger charge is 2.19. The summed E-state index contributed by atoms with van der Waals surface area (Å²) in [5.41, 5.74) is 6.28. The van der Waals surface area contributed by atoms with Crippen molar-refractivity contribution in [3.8, 4) is 0 Å². The number of nitro groups is 1. The van der Waals surface area contributed by atoms with Crippen LogP contribution >= 0.6 is 12.4 Å². The molecule has 7 heteroatoms. The molecule has 1 amide bonds. The third-order valence-electron chi connectivity index (χ3n) is 2.98. The summed E-state index contributed by atoms with van der Waals surface area (Å²) in [5.74, 6) is -0.268. The van der Waals surface area contributed by atoms with E-state index in [0.29, 0.717) is 17.7 Å². The van der Waals surface area contributed by atoms with Crippen molar-refractivity contribution in [3.63, 3.8) is 0 Å². The fourth-order valence-corrected chi connectivity index (χ4v) is 1.50. The number of nitrogens with zero attached hydrogens (tertiary/aromatic N) is 2. The van der Waals surface area contributed by atoms with Gasteiger partial charge in [0.1, 0.15) is 0 Å². The summed E-state index contributed by atoms with van der Waals surface area (Å²) in [7, 11) is 1.63. The normalized spacial score (nSPS) is 11.4. The van der Waals surface area contributed by atoms with E-state index in [2.05, 4.69) is 0 Å². The topological polar surface area (TPSA) is 89.5 Å². The van der Waals surface area contributed by atoms with Crippen LogP contribution in [0.25, 0.3) is 0 Å². The number of halogens is 1. The summed E-state index contributed by atoms with van der Waals surface area (Å²) >= 11 is 0. The Morgan fingerprint density at radius 1 is 1.53 bits per heavy atom. The summed E-state index contributed by atoms with van der Waals surface area (Å²) in [6.45, 7) is 3.80. The Bertz CT molecular complexity index is 479. The quantitative estimate of drug-likeness (QED) is 0.675. The number of rotatable bonds is 4. The average molecular weight is 288 g/mol. The minimum absolute atomic E-state index is 0. The molecule has 0 radical (unpaired) electrons. The Labute approximate surface area is 118 Å². The maximum atomic E-state index is 12.1. The minimum atomic E-state index is -0.488. The zero-order valence-electron chi connectivity index (χ0n) is 11.1. The number of benzene rings is 1. The van der Waals surface area contributed by atoms with E-state index in [0.717, 1.165) is 0 Å². The van der Waals surface area contributed by atoms with Gasteiger partial charge in [-0.2, -0.15) is 0 Å². The average Bonchev–Trinajstić information content (AvgIpc) is 2.36. The van der Waals surface area contributed by atoms with Crippen LogP contribution in [0.3, 0.4) is 0 Å². The summed E-state index contributed by atoms with van der Waals surface area (Å²) in [6.07, 6.45) is 0. The number of carbonyl (C=O) groups is 1. The van der Waals surface area contributed by atoms with Crippen LogP contribution in [0.1, 0.15) is 22.8 Å². The zero-order chi connectivity index (χ0) is 13.9. The van der Waals surface area contributed by atoms with E-state index in [1.807, 2.05) is 6.92 Å². The van der Waals surface area contributed by atoms with E-state index in [9.17, 15) is 14.9 Å².